The molecule has 0 aliphatic rings. The van der Waals surface area contributed by atoms with Gasteiger partial charge in [0.15, 0.2) is 17.4 Å². The predicted octanol–water partition coefficient (Wildman–Crippen LogP) is 6.15. The van der Waals surface area contributed by atoms with Gasteiger partial charge in [-0.2, -0.15) is 0 Å². The number of nitrogens with zero attached hydrogens (tertiary/aromatic N) is 3. The molecule has 0 N–H and O–H groups in total. The van der Waals surface area contributed by atoms with Crippen LogP contribution in [0.3, 0.4) is 0 Å². The highest BCUT2D eigenvalue weighted by molar-refractivity contribution is 6.55. The second kappa shape index (κ2) is 10.8. The summed E-state index contributed by atoms with van der Waals surface area (Å²) in [6, 6.07) is 11.1. The van der Waals surface area contributed by atoms with Crippen LogP contribution in [0.4, 0.5) is 14.5 Å². The lowest BCUT2D eigenvalue weighted by Gasteiger charge is -2.12. The molecule has 0 aliphatic carbocycles. The summed E-state index contributed by atoms with van der Waals surface area (Å²) in [6.45, 7) is 5.33. The maximum atomic E-state index is 14.6. The highest BCUT2D eigenvalue weighted by atomic mass is 28.3. The van der Waals surface area contributed by atoms with E-state index in [1.807, 2.05) is 24.4 Å². The Balaban J connectivity index is 1.83. The predicted molar refractivity (Wildman–Crippen MR) is 134 cm³/mol. The molecular formula is C25H25F2N3O5Si. The van der Waals surface area contributed by atoms with Gasteiger partial charge in [0.05, 0.1) is 29.6 Å². The lowest BCUT2D eigenvalue weighted by atomic mass is 10.0. The second-order valence-corrected chi connectivity index (χ2v) is 11.9. The summed E-state index contributed by atoms with van der Waals surface area (Å²) in [6.07, 6.45) is 3.29. The number of ether oxygens (including phenoxy) is 3. The molecule has 0 saturated carbocycles. The van der Waals surface area contributed by atoms with Gasteiger partial charge < -0.3 is 18.8 Å². The average molecular weight is 514 g/mol. The smallest absolute Gasteiger partial charge is 0.275 e. The zero-order valence-corrected chi connectivity index (χ0v) is 21.2. The van der Waals surface area contributed by atoms with Gasteiger partial charge in [0.25, 0.3) is 5.69 Å². The molecule has 4 rings (SSSR count). The molecule has 0 aliphatic heterocycles. The first-order valence-electron chi connectivity index (χ1n) is 11.3. The van der Waals surface area contributed by atoms with Crippen LogP contribution in [-0.4, -0.2) is 37.0 Å². The molecule has 0 atom stereocenters. The standard InChI is InChI=1S/C25H25F2N3O5Si/c1-33-21-7-5-4-6-17(21)18-14-29(15-34-10-11-36(2)3)25-23(18)22(8-9-28-25)35-24-19(26)12-16(30(31)32)13-20(24)27/h4-9,12-14,36H,10-11,15H2,1-3H3. The van der Waals surface area contributed by atoms with Gasteiger partial charge >= 0.3 is 0 Å². The monoisotopic (exact) mass is 513 g/mol. The minimum atomic E-state index is -1.19. The van der Waals surface area contributed by atoms with Crippen molar-refractivity contribution in [3.63, 3.8) is 0 Å². The van der Waals surface area contributed by atoms with Gasteiger partial charge in [-0.15, -0.1) is 0 Å². The molecule has 0 unspecified atom stereocenters. The first-order valence-corrected chi connectivity index (χ1v) is 14.4. The van der Waals surface area contributed by atoms with E-state index >= 15 is 0 Å². The van der Waals surface area contributed by atoms with E-state index in [1.54, 1.807) is 17.7 Å². The van der Waals surface area contributed by atoms with Crippen LogP contribution in [0, 0.1) is 21.7 Å². The number of hydrogen-bond donors (Lipinski definition) is 0. The highest BCUT2D eigenvalue weighted by Crippen LogP contribution is 2.42. The van der Waals surface area contributed by atoms with Crippen LogP contribution in [0.25, 0.3) is 22.2 Å². The van der Waals surface area contributed by atoms with E-state index in [4.69, 9.17) is 14.2 Å². The number of aromatic nitrogens is 2. The molecule has 2 heterocycles. The molecular weight excluding hydrogens is 488 g/mol. The normalized spacial score (nSPS) is 11.3. The van der Waals surface area contributed by atoms with E-state index in [0.29, 0.717) is 41.1 Å². The number of halogens is 2. The minimum absolute atomic E-state index is 0.126. The van der Waals surface area contributed by atoms with Crippen LogP contribution >= 0.6 is 0 Å². The quantitative estimate of drug-likeness (QED) is 0.109. The van der Waals surface area contributed by atoms with Crippen LogP contribution in [0.5, 0.6) is 17.2 Å². The number of para-hydroxylation sites is 1. The first kappa shape index (κ1) is 25.3. The van der Waals surface area contributed by atoms with Crippen molar-refractivity contribution in [2.24, 2.45) is 0 Å². The van der Waals surface area contributed by atoms with Gasteiger partial charge in [-0.25, -0.2) is 13.8 Å². The van der Waals surface area contributed by atoms with E-state index in [1.165, 1.54) is 12.3 Å². The van der Waals surface area contributed by atoms with Crippen molar-refractivity contribution in [2.45, 2.75) is 25.9 Å². The third-order valence-corrected chi connectivity index (χ3v) is 6.98. The molecule has 2 aromatic heterocycles. The van der Waals surface area contributed by atoms with Gasteiger partial charge in [0.1, 0.15) is 23.9 Å². The van der Waals surface area contributed by atoms with Gasteiger partial charge in [-0.05, 0) is 18.2 Å². The molecule has 0 spiro atoms. The van der Waals surface area contributed by atoms with E-state index in [2.05, 4.69) is 18.1 Å². The van der Waals surface area contributed by atoms with E-state index in [-0.39, 0.29) is 12.5 Å². The van der Waals surface area contributed by atoms with Crippen molar-refractivity contribution >= 4 is 25.5 Å². The van der Waals surface area contributed by atoms with Crippen molar-refractivity contribution in [2.75, 3.05) is 13.7 Å². The van der Waals surface area contributed by atoms with Crippen LogP contribution in [0.15, 0.2) is 54.9 Å². The number of methoxy groups -OCH3 is 1. The number of benzene rings is 2. The molecule has 36 heavy (non-hydrogen) atoms. The summed E-state index contributed by atoms with van der Waals surface area (Å²) in [5.74, 6) is -2.41. The largest absolute Gasteiger partial charge is 0.496 e. The van der Waals surface area contributed by atoms with Gasteiger partial charge in [0.2, 0.25) is 0 Å². The molecule has 0 amide bonds. The molecule has 8 nitrogen and oxygen atoms in total. The zero-order chi connectivity index (χ0) is 25.8. The molecule has 188 valence electrons. The fraction of sp³-hybridized carbons (Fsp3) is 0.240. The fourth-order valence-electron chi connectivity index (χ4n) is 3.78. The van der Waals surface area contributed by atoms with Gasteiger partial charge in [-0.3, -0.25) is 10.1 Å². The van der Waals surface area contributed by atoms with Crippen LogP contribution in [0.2, 0.25) is 19.1 Å². The third-order valence-electron chi connectivity index (χ3n) is 5.59. The Bertz CT molecular complexity index is 1390. The summed E-state index contributed by atoms with van der Waals surface area (Å²) in [7, 11) is 0.782. The number of fused-ring (bicyclic) bond motifs is 1. The van der Waals surface area contributed by atoms with Crippen LogP contribution in [-0.2, 0) is 11.5 Å². The summed E-state index contributed by atoms with van der Waals surface area (Å²) >= 11 is 0. The van der Waals surface area contributed by atoms with E-state index in [0.717, 1.165) is 11.6 Å². The van der Waals surface area contributed by atoms with E-state index < -0.39 is 36.8 Å². The number of rotatable bonds is 10. The second-order valence-electron chi connectivity index (χ2n) is 8.54. The van der Waals surface area contributed by atoms with Crippen LogP contribution < -0.4 is 9.47 Å². The van der Waals surface area contributed by atoms with Gasteiger partial charge in [-0.1, -0.05) is 31.3 Å². The minimum Gasteiger partial charge on any atom is -0.496 e. The molecule has 0 bridgehead atoms. The Labute approximate surface area is 207 Å². The van der Waals surface area contributed by atoms with Crippen LogP contribution in [0.1, 0.15) is 0 Å². The van der Waals surface area contributed by atoms with Crippen molar-refractivity contribution < 1.29 is 27.9 Å². The molecule has 0 fully saturated rings. The summed E-state index contributed by atoms with van der Waals surface area (Å²) < 4.78 is 48.2. The average Bonchev–Trinajstić information content (AvgIpc) is 3.23. The third kappa shape index (κ3) is 5.21. The number of pyridine rings is 1. The summed E-state index contributed by atoms with van der Waals surface area (Å²) in [5.41, 5.74) is 1.16. The Kier molecular flexibility index (Phi) is 7.60. The highest BCUT2D eigenvalue weighted by Gasteiger charge is 2.23. The Hall–Kier alpha value is -3.83. The Morgan fingerprint density at radius 2 is 1.81 bits per heavy atom. The molecule has 0 radical (unpaired) electrons. The van der Waals surface area contributed by atoms with Crippen molar-refractivity contribution in [1.82, 2.24) is 9.55 Å². The summed E-state index contributed by atoms with van der Waals surface area (Å²) in [4.78, 5) is 14.6. The van der Waals surface area contributed by atoms with E-state index in [9.17, 15) is 18.9 Å². The summed E-state index contributed by atoms with van der Waals surface area (Å²) in [5, 5.41) is 11.4. The molecule has 11 heteroatoms. The molecule has 0 saturated heterocycles. The number of non-ortho nitro benzene ring substituents is 1. The number of hydrogen-bond acceptors (Lipinski definition) is 6. The fourth-order valence-corrected chi connectivity index (χ4v) is 4.42. The number of nitro groups is 1. The molecule has 4 aromatic rings. The Morgan fingerprint density at radius 3 is 2.47 bits per heavy atom. The van der Waals surface area contributed by atoms with Gasteiger partial charge in [0, 0.05) is 38.9 Å². The topological polar surface area (TPSA) is 88.7 Å². The Morgan fingerprint density at radius 1 is 1.08 bits per heavy atom. The lowest BCUT2D eigenvalue weighted by molar-refractivity contribution is -0.385. The van der Waals surface area contributed by atoms with Crippen molar-refractivity contribution in [3.8, 4) is 28.4 Å². The SMILES string of the molecule is COc1ccccc1-c1cn(COCC[SiH](C)C)c2nccc(Oc3c(F)cc([N+](=O)[O-])cc3F)c12. The van der Waals surface area contributed by atoms with Crippen molar-refractivity contribution in [1.29, 1.82) is 0 Å². The lowest BCUT2D eigenvalue weighted by Crippen LogP contribution is -2.08. The zero-order valence-electron chi connectivity index (χ0n) is 20.0. The first-order chi connectivity index (χ1) is 17.3. The van der Waals surface area contributed by atoms with Crippen molar-refractivity contribution in [3.05, 3.63) is 76.6 Å². The number of nitro benzene ring substituents is 1. The maximum Gasteiger partial charge on any atom is 0.275 e. The molecule has 2 aromatic carbocycles. The maximum absolute atomic E-state index is 14.6.